The third-order valence-corrected chi connectivity index (χ3v) is 3.95. The van der Waals surface area contributed by atoms with Gasteiger partial charge in [-0.1, -0.05) is 36.4 Å². The summed E-state index contributed by atoms with van der Waals surface area (Å²) in [5.41, 5.74) is 5.75. The molecule has 94 valence electrons. The molecule has 1 aliphatic rings. The van der Waals surface area contributed by atoms with Crippen molar-refractivity contribution < 1.29 is 0 Å². The molecule has 0 unspecified atom stereocenters. The highest BCUT2D eigenvalue weighted by atomic mass is 15.2. The molecular weight excluding hydrogens is 246 g/mol. The van der Waals surface area contributed by atoms with E-state index >= 15 is 0 Å². The van der Waals surface area contributed by atoms with Gasteiger partial charge in [0.25, 0.3) is 0 Å². The largest absolute Gasteiger partial charge is 0.325 e. The minimum absolute atomic E-state index is 0.886. The van der Waals surface area contributed by atoms with E-state index in [0.29, 0.717) is 0 Å². The quantitative estimate of drug-likeness (QED) is 0.450. The van der Waals surface area contributed by atoms with E-state index in [0.717, 1.165) is 17.2 Å². The summed E-state index contributed by atoms with van der Waals surface area (Å²) in [4.78, 5) is 4.76. The summed E-state index contributed by atoms with van der Waals surface area (Å²) >= 11 is 0. The first-order chi connectivity index (χ1) is 9.92. The van der Waals surface area contributed by atoms with Crippen molar-refractivity contribution in [1.82, 2.24) is 9.38 Å². The minimum Gasteiger partial charge on any atom is -0.325 e. The molecule has 4 aromatic rings. The van der Waals surface area contributed by atoms with Gasteiger partial charge in [0.05, 0.1) is 22.4 Å². The summed E-state index contributed by atoms with van der Waals surface area (Å²) < 4.78 is 2.20. The van der Waals surface area contributed by atoms with Gasteiger partial charge in [0, 0.05) is 10.9 Å². The zero-order chi connectivity index (χ0) is 13.1. The summed E-state index contributed by atoms with van der Waals surface area (Å²) in [5, 5.41) is 4.62. The van der Waals surface area contributed by atoms with E-state index < -0.39 is 0 Å². The maximum Gasteiger partial charge on any atom is 0.213 e. The van der Waals surface area contributed by atoms with Gasteiger partial charge in [0.15, 0.2) is 0 Å². The van der Waals surface area contributed by atoms with E-state index in [1.807, 2.05) is 12.1 Å². The number of rotatable bonds is 0. The molecule has 0 aliphatic carbocycles. The van der Waals surface area contributed by atoms with Crippen LogP contribution in [0.3, 0.4) is 0 Å². The SMILES string of the molecule is c1ccc2c(c1)Nc1nc3ccccc3c3ccc-2n13. The zero-order valence-corrected chi connectivity index (χ0v) is 10.7. The monoisotopic (exact) mass is 257 g/mol. The van der Waals surface area contributed by atoms with Gasteiger partial charge in [0.2, 0.25) is 5.95 Å². The van der Waals surface area contributed by atoms with Crippen LogP contribution in [0.1, 0.15) is 0 Å². The number of nitrogens with zero attached hydrogens (tertiary/aromatic N) is 2. The average molecular weight is 257 g/mol. The van der Waals surface area contributed by atoms with Gasteiger partial charge in [-0.05, 0) is 24.3 Å². The van der Waals surface area contributed by atoms with Crippen molar-refractivity contribution in [2.24, 2.45) is 0 Å². The lowest BCUT2D eigenvalue weighted by molar-refractivity contribution is 1.11. The van der Waals surface area contributed by atoms with Crippen LogP contribution in [0.4, 0.5) is 11.6 Å². The number of aromatic nitrogens is 2. The lowest BCUT2D eigenvalue weighted by atomic mass is 10.1. The standard InChI is InChI=1S/C17H11N3/c1-3-7-13-11(5-1)15-9-10-16-12-6-2-4-8-14(12)19-17(18-13)20(15)16/h1-10H,(H,18,19). The van der Waals surface area contributed by atoms with Crippen LogP contribution in [0.5, 0.6) is 0 Å². The second kappa shape index (κ2) is 3.39. The summed E-state index contributed by atoms with van der Waals surface area (Å²) in [5.74, 6) is 0.886. The van der Waals surface area contributed by atoms with Crippen molar-refractivity contribution in [3.05, 3.63) is 60.7 Å². The van der Waals surface area contributed by atoms with Crippen molar-refractivity contribution >= 4 is 28.1 Å². The van der Waals surface area contributed by atoms with Gasteiger partial charge >= 0.3 is 0 Å². The molecule has 3 nitrogen and oxygen atoms in total. The molecule has 1 N–H and O–H groups in total. The van der Waals surface area contributed by atoms with Crippen LogP contribution in [0.2, 0.25) is 0 Å². The Bertz CT molecular complexity index is 982. The fourth-order valence-electron chi connectivity index (χ4n) is 3.06. The van der Waals surface area contributed by atoms with Crippen LogP contribution in [0.15, 0.2) is 60.7 Å². The van der Waals surface area contributed by atoms with Crippen LogP contribution in [-0.2, 0) is 0 Å². The molecule has 2 aromatic heterocycles. The topological polar surface area (TPSA) is 29.3 Å². The van der Waals surface area contributed by atoms with Crippen molar-refractivity contribution in [2.75, 3.05) is 5.32 Å². The molecule has 0 atom stereocenters. The van der Waals surface area contributed by atoms with Crippen molar-refractivity contribution in [1.29, 1.82) is 0 Å². The molecule has 0 amide bonds. The number of hydrogen-bond acceptors (Lipinski definition) is 2. The van der Waals surface area contributed by atoms with Crippen molar-refractivity contribution in [2.45, 2.75) is 0 Å². The molecule has 2 aromatic carbocycles. The Morgan fingerprint density at radius 1 is 0.850 bits per heavy atom. The fourth-order valence-corrected chi connectivity index (χ4v) is 3.06. The lowest BCUT2D eigenvalue weighted by Crippen LogP contribution is -2.08. The van der Waals surface area contributed by atoms with Crippen LogP contribution < -0.4 is 5.32 Å². The molecule has 5 rings (SSSR count). The Morgan fingerprint density at radius 2 is 1.70 bits per heavy atom. The smallest absolute Gasteiger partial charge is 0.213 e. The lowest BCUT2D eigenvalue weighted by Gasteiger charge is -2.20. The van der Waals surface area contributed by atoms with E-state index in [2.05, 4.69) is 58.2 Å². The highest BCUT2D eigenvalue weighted by Crippen LogP contribution is 2.38. The van der Waals surface area contributed by atoms with Gasteiger partial charge < -0.3 is 5.32 Å². The van der Waals surface area contributed by atoms with Gasteiger partial charge in [0.1, 0.15) is 0 Å². The summed E-state index contributed by atoms with van der Waals surface area (Å²) in [6, 6.07) is 21.0. The van der Waals surface area contributed by atoms with Gasteiger partial charge in [-0.2, -0.15) is 0 Å². The predicted octanol–water partition coefficient (Wildman–Crippen LogP) is 4.21. The van der Waals surface area contributed by atoms with E-state index in [4.69, 9.17) is 4.98 Å². The summed E-state index contributed by atoms with van der Waals surface area (Å²) in [6.45, 7) is 0. The number of anilines is 2. The second-order valence-corrected chi connectivity index (χ2v) is 5.06. The maximum atomic E-state index is 4.76. The Morgan fingerprint density at radius 3 is 2.70 bits per heavy atom. The molecule has 3 heteroatoms. The van der Waals surface area contributed by atoms with E-state index in [9.17, 15) is 0 Å². The van der Waals surface area contributed by atoms with Crippen molar-refractivity contribution in [3.63, 3.8) is 0 Å². The first-order valence-electron chi connectivity index (χ1n) is 6.68. The third-order valence-electron chi connectivity index (χ3n) is 3.95. The Hall–Kier alpha value is -2.81. The number of fused-ring (bicyclic) bond motifs is 4. The summed E-state index contributed by atoms with van der Waals surface area (Å²) in [7, 11) is 0. The first-order valence-corrected chi connectivity index (χ1v) is 6.68. The van der Waals surface area contributed by atoms with Crippen molar-refractivity contribution in [3.8, 4) is 11.3 Å². The van der Waals surface area contributed by atoms with Gasteiger partial charge in [-0.25, -0.2) is 4.98 Å². The van der Waals surface area contributed by atoms with E-state index in [1.165, 1.54) is 22.2 Å². The minimum atomic E-state index is 0.886. The predicted molar refractivity (Wildman–Crippen MR) is 81.4 cm³/mol. The zero-order valence-electron chi connectivity index (χ0n) is 10.7. The van der Waals surface area contributed by atoms with Crippen LogP contribution in [0.25, 0.3) is 27.7 Å². The molecule has 0 fully saturated rings. The molecule has 0 spiro atoms. The van der Waals surface area contributed by atoms with Gasteiger partial charge in [-0.3, -0.25) is 4.40 Å². The number of para-hydroxylation sites is 2. The molecule has 20 heavy (non-hydrogen) atoms. The molecule has 1 aliphatic heterocycles. The molecule has 0 saturated carbocycles. The van der Waals surface area contributed by atoms with E-state index in [1.54, 1.807) is 0 Å². The highest BCUT2D eigenvalue weighted by molar-refractivity contribution is 5.98. The molecule has 0 bridgehead atoms. The molecule has 0 saturated heterocycles. The van der Waals surface area contributed by atoms with Crippen LogP contribution in [-0.4, -0.2) is 9.38 Å². The maximum absolute atomic E-state index is 4.76. The Kier molecular flexibility index (Phi) is 1.70. The Balaban J connectivity index is 2.02. The fraction of sp³-hybridized carbons (Fsp3) is 0. The normalized spacial score (nSPS) is 12.4. The highest BCUT2D eigenvalue weighted by Gasteiger charge is 2.19. The van der Waals surface area contributed by atoms with Crippen LogP contribution in [0, 0.1) is 0 Å². The van der Waals surface area contributed by atoms with Gasteiger partial charge in [-0.15, -0.1) is 0 Å². The average Bonchev–Trinajstić information content (AvgIpc) is 2.94. The number of hydrogen-bond donors (Lipinski definition) is 1. The molecule has 0 radical (unpaired) electrons. The third kappa shape index (κ3) is 1.12. The first kappa shape index (κ1) is 10.0. The summed E-state index contributed by atoms with van der Waals surface area (Å²) in [6.07, 6.45) is 0. The molecule has 3 heterocycles. The van der Waals surface area contributed by atoms with E-state index in [-0.39, 0.29) is 0 Å². The van der Waals surface area contributed by atoms with Crippen LogP contribution >= 0.6 is 0 Å². The second-order valence-electron chi connectivity index (χ2n) is 5.06. The number of benzene rings is 2. The Labute approximate surface area is 115 Å². The number of nitrogens with one attached hydrogen (secondary N) is 1. The molecular formula is C17H11N3.